The van der Waals surface area contributed by atoms with Crippen LogP contribution in [-0.4, -0.2) is 60.4 Å². The lowest BCUT2D eigenvalue weighted by Crippen LogP contribution is -2.49. The van der Waals surface area contributed by atoms with Gasteiger partial charge in [0.15, 0.2) is 0 Å². The number of methoxy groups -OCH3 is 1. The number of anilines is 1. The van der Waals surface area contributed by atoms with Gasteiger partial charge in [-0.1, -0.05) is 6.07 Å². The zero-order chi connectivity index (χ0) is 24.1. The first kappa shape index (κ1) is 24.3. The number of hydrazine groups is 1. The number of benzene rings is 1. The summed E-state index contributed by atoms with van der Waals surface area (Å²) in [6.07, 6.45) is 4.86. The number of allylic oxidation sites excluding steroid dienone is 2. The van der Waals surface area contributed by atoms with Crippen LogP contribution in [0.15, 0.2) is 29.7 Å². The molecule has 1 aromatic carbocycles. The highest BCUT2D eigenvalue weighted by Gasteiger charge is 2.29. The highest BCUT2D eigenvalue weighted by molar-refractivity contribution is 5.77. The Bertz CT molecular complexity index is 955. The van der Waals surface area contributed by atoms with Gasteiger partial charge in [0.1, 0.15) is 6.04 Å². The molecule has 3 aliphatic rings. The molecule has 0 unspecified atom stereocenters. The topological polar surface area (TPSA) is 125 Å². The molecule has 1 aromatic rings. The Labute approximate surface area is 199 Å². The van der Waals surface area contributed by atoms with E-state index < -0.39 is 0 Å². The van der Waals surface area contributed by atoms with Gasteiger partial charge in [-0.3, -0.25) is 10.0 Å². The molecule has 34 heavy (non-hydrogen) atoms. The fourth-order valence-corrected chi connectivity index (χ4v) is 4.72. The Balaban J connectivity index is 1.61. The molecular formula is C24H34N4O6. The van der Waals surface area contributed by atoms with Crippen LogP contribution in [0.5, 0.6) is 0 Å². The summed E-state index contributed by atoms with van der Waals surface area (Å²) in [5, 5.41) is 28.8. The smallest absolute Gasteiger partial charge is 0.323 e. The summed E-state index contributed by atoms with van der Waals surface area (Å²) in [4.78, 5) is 12.0. The number of carbonyl (C=O) groups excluding carboxylic acids is 1. The number of aliphatic hydroxyl groups is 1. The number of aliphatic hydroxyl groups excluding tert-OH is 1. The van der Waals surface area contributed by atoms with Crippen molar-refractivity contribution in [2.45, 2.75) is 57.9 Å². The summed E-state index contributed by atoms with van der Waals surface area (Å²) in [7, 11) is 1.54. The van der Waals surface area contributed by atoms with Gasteiger partial charge in [-0.25, -0.2) is 5.43 Å². The third-order valence-corrected chi connectivity index (χ3v) is 6.43. The second-order valence-corrected chi connectivity index (χ2v) is 8.57. The summed E-state index contributed by atoms with van der Waals surface area (Å²) in [6, 6.07) is 3.68. The number of hydroxylamine groups is 1. The Morgan fingerprint density at radius 3 is 2.91 bits per heavy atom. The molecule has 0 aromatic heterocycles. The van der Waals surface area contributed by atoms with Crippen molar-refractivity contribution < 1.29 is 29.3 Å². The van der Waals surface area contributed by atoms with Crippen LogP contribution in [0.3, 0.4) is 0 Å². The standard InChI is InChI=1S/C24H34N4O6/c1-3-34-24(30)21-8-6-16(12-25-21)26-20-9-7-17-19(18(20)13-29)14-33-10-4-5-15-11-22(32-2)27-28(31)23(15)17/h7,9,11,16,21,25-27,29,31H,3-6,8,10,12-14H2,1-2H3/t16-,21+/m1/s1. The average Bonchev–Trinajstić information content (AvgIpc) is 2.93. The predicted octanol–water partition coefficient (Wildman–Crippen LogP) is 1.99. The summed E-state index contributed by atoms with van der Waals surface area (Å²) >= 11 is 0. The third-order valence-electron chi connectivity index (χ3n) is 6.43. The molecule has 3 aliphatic heterocycles. The number of esters is 1. The lowest BCUT2D eigenvalue weighted by Gasteiger charge is -2.32. The molecule has 10 nitrogen and oxygen atoms in total. The third kappa shape index (κ3) is 5.15. The molecule has 0 spiro atoms. The maximum Gasteiger partial charge on any atom is 0.323 e. The highest BCUT2D eigenvalue weighted by atomic mass is 16.6. The zero-order valence-corrected chi connectivity index (χ0v) is 19.7. The Kier molecular flexibility index (Phi) is 7.94. The van der Waals surface area contributed by atoms with Crippen molar-refractivity contribution in [1.29, 1.82) is 0 Å². The molecule has 0 bridgehead atoms. The molecule has 186 valence electrons. The van der Waals surface area contributed by atoms with E-state index >= 15 is 0 Å². The minimum atomic E-state index is -0.284. The Morgan fingerprint density at radius 2 is 2.21 bits per heavy atom. The monoisotopic (exact) mass is 474 g/mol. The molecule has 0 saturated carbocycles. The first-order valence-electron chi connectivity index (χ1n) is 11.8. The number of rotatable bonds is 6. The number of ether oxygens (including phenoxy) is 3. The molecule has 2 atom stereocenters. The molecule has 4 rings (SSSR count). The van der Waals surface area contributed by atoms with Crippen LogP contribution in [0.1, 0.15) is 49.3 Å². The SMILES string of the molecule is CCOC(=O)[C@@H]1CC[C@@H](Nc2ccc3c(c2CO)COCCCC2=C3N(O)NC(OC)=C2)CN1. The molecule has 5 N–H and O–H groups in total. The van der Waals surface area contributed by atoms with E-state index in [9.17, 15) is 15.1 Å². The van der Waals surface area contributed by atoms with Crippen molar-refractivity contribution >= 4 is 17.4 Å². The first-order chi connectivity index (χ1) is 16.5. The van der Waals surface area contributed by atoms with Crippen LogP contribution in [0.25, 0.3) is 5.70 Å². The number of hydrogen-bond acceptors (Lipinski definition) is 10. The second-order valence-electron chi connectivity index (χ2n) is 8.57. The molecule has 0 radical (unpaired) electrons. The van der Waals surface area contributed by atoms with E-state index in [0.29, 0.717) is 50.8 Å². The second kappa shape index (κ2) is 11.1. The van der Waals surface area contributed by atoms with Crippen LogP contribution >= 0.6 is 0 Å². The van der Waals surface area contributed by atoms with Crippen molar-refractivity contribution in [3.05, 3.63) is 46.4 Å². The van der Waals surface area contributed by atoms with Crippen LogP contribution < -0.4 is 16.1 Å². The van der Waals surface area contributed by atoms with Gasteiger partial charge in [0.2, 0.25) is 5.88 Å². The van der Waals surface area contributed by atoms with Crippen molar-refractivity contribution in [2.24, 2.45) is 0 Å². The number of nitrogens with zero attached hydrogens (tertiary/aromatic N) is 1. The fraction of sp³-hybridized carbons (Fsp3) is 0.542. The van der Waals surface area contributed by atoms with Gasteiger partial charge in [0.25, 0.3) is 0 Å². The van der Waals surface area contributed by atoms with Crippen LogP contribution in [0.2, 0.25) is 0 Å². The van der Waals surface area contributed by atoms with Crippen LogP contribution in [0.4, 0.5) is 5.69 Å². The maximum atomic E-state index is 12.0. The largest absolute Gasteiger partial charge is 0.481 e. The van der Waals surface area contributed by atoms with Crippen molar-refractivity contribution in [1.82, 2.24) is 15.9 Å². The van der Waals surface area contributed by atoms with E-state index in [1.165, 1.54) is 0 Å². The summed E-state index contributed by atoms with van der Waals surface area (Å²) in [6.45, 7) is 3.49. The van der Waals surface area contributed by atoms with Gasteiger partial charge in [0.05, 0.1) is 32.6 Å². The molecule has 1 fully saturated rings. The van der Waals surface area contributed by atoms with E-state index in [4.69, 9.17) is 14.2 Å². The van der Waals surface area contributed by atoms with E-state index in [1.54, 1.807) is 14.0 Å². The van der Waals surface area contributed by atoms with Gasteiger partial charge in [-0.15, -0.1) is 0 Å². The summed E-state index contributed by atoms with van der Waals surface area (Å²) in [5.74, 6) is 0.241. The molecular weight excluding hydrogens is 440 g/mol. The summed E-state index contributed by atoms with van der Waals surface area (Å²) in [5.41, 5.74) is 7.53. The van der Waals surface area contributed by atoms with Gasteiger partial charge < -0.3 is 30.0 Å². The molecule has 1 saturated heterocycles. The number of nitrogens with one attached hydrogen (secondary N) is 3. The number of fused-ring (bicyclic) bond motifs is 2. The fourth-order valence-electron chi connectivity index (χ4n) is 4.72. The van der Waals surface area contributed by atoms with Gasteiger partial charge >= 0.3 is 5.97 Å². The Hall–Kier alpha value is -2.79. The Morgan fingerprint density at radius 1 is 1.35 bits per heavy atom. The lowest BCUT2D eigenvalue weighted by molar-refractivity contribution is -0.146. The molecule has 3 heterocycles. The van der Waals surface area contributed by atoms with Gasteiger partial charge in [-0.2, -0.15) is 5.17 Å². The van der Waals surface area contributed by atoms with E-state index in [1.807, 2.05) is 18.2 Å². The van der Waals surface area contributed by atoms with Gasteiger partial charge in [0, 0.05) is 42.1 Å². The predicted molar refractivity (Wildman–Crippen MR) is 125 cm³/mol. The molecule has 10 heteroatoms. The van der Waals surface area contributed by atoms with Crippen molar-refractivity contribution in [3.63, 3.8) is 0 Å². The quantitative estimate of drug-likeness (QED) is 0.391. The van der Waals surface area contributed by atoms with Crippen molar-refractivity contribution in [3.8, 4) is 0 Å². The minimum absolute atomic E-state index is 0.0962. The zero-order valence-electron chi connectivity index (χ0n) is 19.7. The number of hydrogen-bond donors (Lipinski definition) is 5. The normalized spacial score (nSPS) is 22.8. The van der Waals surface area contributed by atoms with E-state index in [-0.39, 0.29) is 24.7 Å². The number of piperidine rings is 1. The highest BCUT2D eigenvalue weighted by Crippen LogP contribution is 2.36. The van der Waals surface area contributed by atoms with Crippen LogP contribution in [0, 0.1) is 0 Å². The van der Waals surface area contributed by atoms with E-state index in [0.717, 1.165) is 46.0 Å². The van der Waals surface area contributed by atoms with Gasteiger partial charge in [-0.05, 0) is 49.8 Å². The van der Waals surface area contributed by atoms with Crippen molar-refractivity contribution in [2.75, 3.05) is 32.2 Å². The van der Waals surface area contributed by atoms with Crippen LogP contribution in [-0.2, 0) is 32.2 Å². The maximum absolute atomic E-state index is 12.0. The summed E-state index contributed by atoms with van der Waals surface area (Å²) < 4.78 is 16.3. The molecule has 0 aliphatic carbocycles. The average molecular weight is 475 g/mol. The van der Waals surface area contributed by atoms with E-state index in [2.05, 4.69) is 16.1 Å². The minimum Gasteiger partial charge on any atom is -0.481 e. The molecule has 0 amide bonds. The number of carbonyl (C=O) groups is 1. The first-order valence-corrected chi connectivity index (χ1v) is 11.8. The lowest BCUT2D eigenvalue weighted by atomic mass is 9.93.